The van der Waals surface area contributed by atoms with Crippen molar-refractivity contribution in [1.29, 1.82) is 0 Å². The molecule has 2 aromatic rings. The van der Waals surface area contributed by atoms with Gasteiger partial charge in [-0.05, 0) is 11.1 Å². The van der Waals surface area contributed by atoms with Crippen molar-refractivity contribution in [1.82, 2.24) is 5.73 Å². The number of hydrogen-bond acceptors (Lipinski definition) is 0. The maximum absolute atomic E-state index is 7.83. The quantitative estimate of drug-likeness (QED) is 0.742. The molecule has 16 heavy (non-hydrogen) atoms. The Kier molecular flexibility index (Phi) is 3.07. The number of hydrogen-bond donors (Lipinski definition) is 0. The summed E-state index contributed by atoms with van der Waals surface area (Å²) >= 11 is 0. The molecular formula is C15H16N. The Morgan fingerprint density at radius 2 is 1.19 bits per heavy atom. The fraction of sp³-hybridized carbons (Fsp3) is 0.200. The Labute approximate surface area is 96.9 Å². The predicted molar refractivity (Wildman–Crippen MR) is 67.3 cm³/mol. The molecule has 0 saturated carbocycles. The molecule has 1 N–H and O–H groups in total. The topological polar surface area (TPSA) is 23.8 Å². The van der Waals surface area contributed by atoms with Crippen molar-refractivity contribution in [2.75, 3.05) is 6.54 Å². The van der Waals surface area contributed by atoms with Crippen LogP contribution in [0.15, 0.2) is 60.7 Å². The van der Waals surface area contributed by atoms with E-state index in [0.717, 1.165) is 0 Å². The lowest BCUT2D eigenvalue weighted by molar-refractivity contribution is 0.575. The zero-order valence-electron chi connectivity index (χ0n) is 9.48. The summed E-state index contributed by atoms with van der Waals surface area (Å²) in [6, 6.07) is 20.6. The number of nitrogens with one attached hydrogen (secondary N) is 1. The molecule has 1 nitrogen and oxygen atoms in total. The van der Waals surface area contributed by atoms with Gasteiger partial charge in [-0.2, -0.15) is 0 Å². The van der Waals surface area contributed by atoms with E-state index in [1.807, 2.05) is 36.4 Å². The summed E-state index contributed by atoms with van der Waals surface area (Å²) in [4.78, 5) is 0. The zero-order chi connectivity index (χ0) is 11.4. The van der Waals surface area contributed by atoms with Crippen molar-refractivity contribution in [3.05, 3.63) is 71.8 Å². The van der Waals surface area contributed by atoms with Crippen LogP contribution in [0.2, 0.25) is 0 Å². The SMILES string of the molecule is CC(C[NH])(c1ccccc1)c1ccccc1. The third kappa shape index (κ3) is 1.86. The summed E-state index contributed by atoms with van der Waals surface area (Å²) in [6.45, 7) is 2.49. The van der Waals surface area contributed by atoms with Crippen molar-refractivity contribution in [3.8, 4) is 0 Å². The molecule has 0 aromatic heterocycles. The lowest BCUT2D eigenvalue weighted by atomic mass is 9.76. The van der Waals surface area contributed by atoms with E-state index in [1.54, 1.807) is 0 Å². The summed E-state index contributed by atoms with van der Waals surface area (Å²) in [7, 11) is 0. The van der Waals surface area contributed by atoms with E-state index in [2.05, 4.69) is 31.2 Å². The Hall–Kier alpha value is -1.60. The van der Waals surface area contributed by atoms with Gasteiger partial charge in [0.1, 0.15) is 0 Å². The first kappa shape index (κ1) is 10.9. The molecule has 0 amide bonds. The lowest BCUT2D eigenvalue weighted by Crippen LogP contribution is -2.28. The molecule has 1 heteroatoms. The Morgan fingerprint density at radius 1 is 0.812 bits per heavy atom. The first-order valence-corrected chi connectivity index (χ1v) is 5.53. The van der Waals surface area contributed by atoms with Crippen molar-refractivity contribution in [2.24, 2.45) is 0 Å². The predicted octanol–water partition coefficient (Wildman–Crippen LogP) is 3.28. The van der Waals surface area contributed by atoms with E-state index in [1.165, 1.54) is 11.1 Å². The van der Waals surface area contributed by atoms with E-state index >= 15 is 0 Å². The standard InChI is InChI=1S/C15H16N/c1-15(12-16,13-8-4-2-5-9-13)14-10-6-3-7-11-14/h2-11,16H,12H2,1H3. The minimum atomic E-state index is -0.206. The first-order valence-electron chi connectivity index (χ1n) is 5.53. The van der Waals surface area contributed by atoms with Crippen molar-refractivity contribution in [3.63, 3.8) is 0 Å². The monoisotopic (exact) mass is 210 g/mol. The van der Waals surface area contributed by atoms with Crippen molar-refractivity contribution in [2.45, 2.75) is 12.3 Å². The van der Waals surface area contributed by atoms with Crippen LogP contribution in [0.25, 0.3) is 0 Å². The zero-order valence-corrected chi connectivity index (χ0v) is 9.48. The minimum absolute atomic E-state index is 0.206. The smallest absolute Gasteiger partial charge is 0.0313 e. The molecule has 0 heterocycles. The minimum Gasteiger partial charge on any atom is -0.257 e. The van der Waals surface area contributed by atoms with Crippen LogP contribution in [0, 0.1) is 0 Å². The van der Waals surface area contributed by atoms with Crippen LogP contribution in [0.5, 0.6) is 0 Å². The van der Waals surface area contributed by atoms with Crippen LogP contribution in [-0.2, 0) is 5.41 Å². The van der Waals surface area contributed by atoms with Crippen LogP contribution in [0.1, 0.15) is 18.1 Å². The highest BCUT2D eigenvalue weighted by molar-refractivity contribution is 5.38. The Bertz CT molecular complexity index is 394. The van der Waals surface area contributed by atoms with Gasteiger partial charge in [0.2, 0.25) is 0 Å². The molecule has 2 rings (SSSR count). The Morgan fingerprint density at radius 3 is 1.50 bits per heavy atom. The Balaban J connectivity index is 2.49. The second-order valence-electron chi connectivity index (χ2n) is 4.24. The molecule has 0 aliphatic carbocycles. The molecule has 0 atom stereocenters. The second kappa shape index (κ2) is 4.50. The molecule has 0 bridgehead atoms. The first-order chi connectivity index (χ1) is 7.77. The summed E-state index contributed by atoms with van der Waals surface area (Å²) < 4.78 is 0. The maximum Gasteiger partial charge on any atom is 0.0313 e. The average molecular weight is 210 g/mol. The van der Waals surface area contributed by atoms with Crippen LogP contribution < -0.4 is 5.73 Å². The van der Waals surface area contributed by atoms with Gasteiger partial charge in [0.05, 0.1) is 0 Å². The average Bonchev–Trinajstić information content (AvgIpc) is 2.40. The molecule has 0 saturated heterocycles. The van der Waals surface area contributed by atoms with Crippen molar-refractivity contribution < 1.29 is 0 Å². The molecule has 0 aliphatic rings. The fourth-order valence-corrected chi connectivity index (χ4v) is 1.98. The highest BCUT2D eigenvalue weighted by atomic mass is 14.6. The van der Waals surface area contributed by atoms with Gasteiger partial charge in [-0.25, -0.2) is 0 Å². The molecule has 1 radical (unpaired) electrons. The normalized spacial score (nSPS) is 11.4. The van der Waals surface area contributed by atoms with Gasteiger partial charge in [-0.15, -0.1) is 0 Å². The molecule has 0 unspecified atom stereocenters. The summed E-state index contributed by atoms with van der Waals surface area (Å²) in [5, 5.41) is 0. The van der Waals surface area contributed by atoms with Crippen LogP contribution in [0.3, 0.4) is 0 Å². The second-order valence-corrected chi connectivity index (χ2v) is 4.24. The number of benzene rings is 2. The summed E-state index contributed by atoms with van der Waals surface area (Å²) in [5.74, 6) is 0. The molecule has 0 aliphatic heterocycles. The van der Waals surface area contributed by atoms with Gasteiger partial charge in [-0.1, -0.05) is 67.6 Å². The van der Waals surface area contributed by atoms with Crippen LogP contribution in [0.4, 0.5) is 0 Å². The third-order valence-electron chi connectivity index (χ3n) is 3.18. The largest absolute Gasteiger partial charge is 0.257 e. The van der Waals surface area contributed by atoms with E-state index in [0.29, 0.717) is 6.54 Å². The van der Waals surface area contributed by atoms with Crippen LogP contribution >= 0.6 is 0 Å². The van der Waals surface area contributed by atoms with Gasteiger partial charge in [0, 0.05) is 12.0 Å². The fourth-order valence-electron chi connectivity index (χ4n) is 1.98. The van der Waals surface area contributed by atoms with Gasteiger partial charge < -0.3 is 0 Å². The van der Waals surface area contributed by atoms with Crippen molar-refractivity contribution >= 4 is 0 Å². The van der Waals surface area contributed by atoms with Gasteiger partial charge in [-0.3, -0.25) is 5.73 Å². The molecule has 0 fully saturated rings. The number of rotatable bonds is 3. The third-order valence-corrected chi connectivity index (χ3v) is 3.18. The molecule has 81 valence electrons. The van der Waals surface area contributed by atoms with E-state index in [9.17, 15) is 0 Å². The highest BCUT2D eigenvalue weighted by Crippen LogP contribution is 2.30. The van der Waals surface area contributed by atoms with Crippen LogP contribution in [-0.4, -0.2) is 6.54 Å². The summed E-state index contributed by atoms with van der Waals surface area (Å²) in [5.41, 5.74) is 10.0. The van der Waals surface area contributed by atoms with Gasteiger partial charge in [0.15, 0.2) is 0 Å². The molecule has 0 spiro atoms. The van der Waals surface area contributed by atoms with E-state index in [-0.39, 0.29) is 5.41 Å². The lowest BCUT2D eigenvalue weighted by Gasteiger charge is -2.28. The molecule has 2 aromatic carbocycles. The highest BCUT2D eigenvalue weighted by Gasteiger charge is 2.26. The summed E-state index contributed by atoms with van der Waals surface area (Å²) in [6.07, 6.45) is 0. The molecular weight excluding hydrogens is 194 g/mol. The van der Waals surface area contributed by atoms with Gasteiger partial charge in [0.25, 0.3) is 0 Å². The van der Waals surface area contributed by atoms with E-state index < -0.39 is 0 Å². The van der Waals surface area contributed by atoms with Gasteiger partial charge >= 0.3 is 0 Å². The maximum atomic E-state index is 7.83. The van der Waals surface area contributed by atoms with E-state index in [4.69, 9.17) is 5.73 Å².